The maximum Gasteiger partial charge on any atom is 0.135 e. The lowest BCUT2D eigenvalue weighted by atomic mass is 9.99. The maximum absolute atomic E-state index is 11.1. The van der Waals surface area contributed by atoms with Crippen molar-refractivity contribution in [3.05, 3.63) is 0 Å². The second-order valence-electron chi connectivity index (χ2n) is 4.43. The smallest absolute Gasteiger partial charge is 0.135 e. The van der Waals surface area contributed by atoms with Crippen LogP contribution in [0.5, 0.6) is 0 Å². The van der Waals surface area contributed by atoms with Gasteiger partial charge in [0.1, 0.15) is 5.78 Å². The van der Waals surface area contributed by atoms with E-state index < -0.39 is 0 Å². The highest BCUT2D eigenvalue weighted by Crippen LogP contribution is 2.21. The molecule has 0 aromatic rings. The van der Waals surface area contributed by atoms with Gasteiger partial charge in [0.2, 0.25) is 0 Å². The fourth-order valence-electron chi connectivity index (χ4n) is 2.44. The summed E-state index contributed by atoms with van der Waals surface area (Å²) in [5.41, 5.74) is 0. The molecule has 2 rings (SSSR count). The van der Waals surface area contributed by atoms with Gasteiger partial charge in [-0.05, 0) is 19.8 Å². The van der Waals surface area contributed by atoms with Crippen LogP contribution in [-0.2, 0) is 9.53 Å². The van der Waals surface area contributed by atoms with E-state index in [0.717, 1.165) is 45.4 Å². The third kappa shape index (κ3) is 2.34. The third-order valence-corrected chi connectivity index (χ3v) is 3.33. The van der Waals surface area contributed by atoms with Crippen molar-refractivity contribution < 1.29 is 9.53 Å². The third-order valence-electron chi connectivity index (χ3n) is 3.33. The molecule has 14 heavy (non-hydrogen) atoms. The first-order chi connectivity index (χ1) is 6.75. The lowest BCUT2D eigenvalue weighted by Crippen LogP contribution is -2.45. The summed E-state index contributed by atoms with van der Waals surface area (Å²) < 4.78 is 5.53. The predicted octanol–water partition coefficient (Wildman–Crippen LogP) is 1.22. The summed E-state index contributed by atoms with van der Waals surface area (Å²) in [6.45, 7) is 4.96. The summed E-state index contributed by atoms with van der Waals surface area (Å²) in [6.07, 6.45) is 4.18. The minimum absolute atomic E-state index is 0.395. The Kier molecular flexibility index (Phi) is 3.19. The fraction of sp³-hybridized carbons (Fsp3) is 0.909. The summed E-state index contributed by atoms with van der Waals surface area (Å²) >= 11 is 0. The van der Waals surface area contributed by atoms with Crippen LogP contribution in [0.3, 0.4) is 0 Å². The van der Waals surface area contributed by atoms with E-state index >= 15 is 0 Å². The average molecular weight is 197 g/mol. The zero-order chi connectivity index (χ0) is 9.97. The van der Waals surface area contributed by atoms with Crippen LogP contribution in [0.25, 0.3) is 0 Å². The summed E-state index contributed by atoms with van der Waals surface area (Å²) in [5, 5.41) is 0. The van der Waals surface area contributed by atoms with Gasteiger partial charge in [-0.1, -0.05) is 0 Å². The highest BCUT2D eigenvalue weighted by Gasteiger charge is 2.27. The molecule has 0 amide bonds. The molecule has 2 unspecified atom stereocenters. The van der Waals surface area contributed by atoms with E-state index in [9.17, 15) is 4.79 Å². The minimum atomic E-state index is 0.395. The summed E-state index contributed by atoms with van der Waals surface area (Å²) in [7, 11) is 0. The predicted molar refractivity (Wildman–Crippen MR) is 54.3 cm³/mol. The quantitative estimate of drug-likeness (QED) is 0.633. The van der Waals surface area contributed by atoms with Crippen LogP contribution in [-0.4, -0.2) is 42.5 Å². The Morgan fingerprint density at radius 1 is 1.36 bits per heavy atom. The molecular weight excluding hydrogens is 178 g/mol. The molecule has 3 heteroatoms. The molecular formula is C11H19NO2. The highest BCUT2D eigenvalue weighted by molar-refractivity contribution is 5.79. The summed E-state index contributed by atoms with van der Waals surface area (Å²) in [6, 6.07) is 0.659. The van der Waals surface area contributed by atoms with E-state index in [1.54, 1.807) is 0 Å². The molecule has 0 aliphatic carbocycles. The van der Waals surface area contributed by atoms with Crippen LogP contribution >= 0.6 is 0 Å². The standard InChI is InChI=1S/C11H19NO2/c1-9-8-10(4-7-14-9)12-5-2-11(13)3-6-12/h9-10H,2-8H2,1H3. The normalized spacial score (nSPS) is 35.9. The number of hydrogen-bond donors (Lipinski definition) is 0. The molecule has 0 spiro atoms. The van der Waals surface area contributed by atoms with Crippen molar-refractivity contribution in [2.45, 2.75) is 44.8 Å². The summed E-state index contributed by atoms with van der Waals surface area (Å²) in [5.74, 6) is 0.432. The SMILES string of the molecule is CC1CC(N2CCC(=O)CC2)CCO1. The molecule has 0 bridgehead atoms. The molecule has 0 N–H and O–H groups in total. The Morgan fingerprint density at radius 2 is 2.07 bits per heavy atom. The Hall–Kier alpha value is -0.410. The van der Waals surface area contributed by atoms with Gasteiger partial charge in [0.25, 0.3) is 0 Å². The molecule has 2 aliphatic heterocycles. The zero-order valence-electron chi connectivity index (χ0n) is 8.87. The molecule has 2 atom stereocenters. The monoisotopic (exact) mass is 197 g/mol. The van der Waals surface area contributed by atoms with E-state index in [1.807, 2.05) is 0 Å². The molecule has 80 valence electrons. The molecule has 2 heterocycles. The Bertz CT molecular complexity index is 207. The van der Waals surface area contributed by atoms with Crippen molar-refractivity contribution >= 4 is 5.78 Å². The first-order valence-electron chi connectivity index (χ1n) is 5.63. The van der Waals surface area contributed by atoms with Gasteiger partial charge in [-0.15, -0.1) is 0 Å². The van der Waals surface area contributed by atoms with Crippen LogP contribution in [0, 0.1) is 0 Å². The Morgan fingerprint density at radius 3 is 2.71 bits per heavy atom. The zero-order valence-corrected chi connectivity index (χ0v) is 8.87. The second kappa shape index (κ2) is 4.41. The highest BCUT2D eigenvalue weighted by atomic mass is 16.5. The number of ether oxygens (including phenoxy) is 1. The van der Waals surface area contributed by atoms with Crippen LogP contribution in [0.2, 0.25) is 0 Å². The van der Waals surface area contributed by atoms with E-state index in [-0.39, 0.29) is 0 Å². The minimum Gasteiger partial charge on any atom is -0.378 e. The van der Waals surface area contributed by atoms with Gasteiger partial charge in [0.15, 0.2) is 0 Å². The number of carbonyl (C=O) groups excluding carboxylic acids is 1. The van der Waals surface area contributed by atoms with E-state index in [4.69, 9.17) is 4.74 Å². The molecule has 0 aromatic heterocycles. The van der Waals surface area contributed by atoms with Crippen molar-refractivity contribution in [2.24, 2.45) is 0 Å². The number of nitrogens with zero attached hydrogens (tertiary/aromatic N) is 1. The largest absolute Gasteiger partial charge is 0.378 e. The van der Waals surface area contributed by atoms with Gasteiger partial charge in [0.05, 0.1) is 6.10 Å². The number of rotatable bonds is 1. The molecule has 3 nitrogen and oxygen atoms in total. The maximum atomic E-state index is 11.1. The average Bonchev–Trinajstić information content (AvgIpc) is 2.19. The van der Waals surface area contributed by atoms with Crippen molar-refractivity contribution in [1.29, 1.82) is 0 Å². The second-order valence-corrected chi connectivity index (χ2v) is 4.43. The molecule has 2 saturated heterocycles. The Labute approximate surface area is 85.4 Å². The molecule has 2 aliphatic rings. The number of likely N-dealkylation sites (tertiary alicyclic amines) is 1. The van der Waals surface area contributed by atoms with Gasteiger partial charge in [-0.2, -0.15) is 0 Å². The van der Waals surface area contributed by atoms with Gasteiger partial charge >= 0.3 is 0 Å². The van der Waals surface area contributed by atoms with Crippen molar-refractivity contribution in [3.8, 4) is 0 Å². The van der Waals surface area contributed by atoms with Crippen molar-refractivity contribution in [2.75, 3.05) is 19.7 Å². The first kappa shape index (κ1) is 10.1. The molecule has 0 radical (unpaired) electrons. The molecule has 0 aromatic carbocycles. The Balaban J connectivity index is 1.85. The van der Waals surface area contributed by atoms with Crippen molar-refractivity contribution in [1.82, 2.24) is 4.90 Å². The van der Waals surface area contributed by atoms with Gasteiger partial charge in [-0.3, -0.25) is 9.69 Å². The number of carbonyl (C=O) groups is 1. The number of Topliss-reactive ketones (excluding diaryl/α,β-unsaturated/α-hetero) is 1. The number of ketones is 1. The van der Waals surface area contributed by atoms with Gasteiger partial charge in [-0.25, -0.2) is 0 Å². The van der Waals surface area contributed by atoms with Gasteiger partial charge < -0.3 is 4.74 Å². The van der Waals surface area contributed by atoms with Crippen molar-refractivity contribution in [3.63, 3.8) is 0 Å². The van der Waals surface area contributed by atoms with Crippen LogP contribution in [0.4, 0.5) is 0 Å². The van der Waals surface area contributed by atoms with E-state index in [0.29, 0.717) is 17.9 Å². The fourth-order valence-corrected chi connectivity index (χ4v) is 2.44. The van der Waals surface area contributed by atoms with Crippen LogP contribution < -0.4 is 0 Å². The molecule has 0 saturated carbocycles. The van der Waals surface area contributed by atoms with E-state index in [1.165, 1.54) is 0 Å². The first-order valence-corrected chi connectivity index (χ1v) is 5.63. The summed E-state index contributed by atoms with van der Waals surface area (Å²) in [4.78, 5) is 13.6. The number of hydrogen-bond acceptors (Lipinski definition) is 3. The van der Waals surface area contributed by atoms with Gasteiger partial charge in [0, 0.05) is 38.6 Å². The lowest BCUT2D eigenvalue weighted by Gasteiger charge is -2.38. The van der Waals surface area contributed by atoms with Crippen LogP contribution in [0.15, 0.2) is 0 Å². The molecule has 2 fully saturated rings. The topological polar surface area (TPSA) is 29.5 Å². The van der Waals surface area contributed by atoms with E-state index in [2.05, 4.69) is 11.8 Å². The number of piperidine rings is 1. The van der Waals surface area contributed by atoms with Crippen LogP contribution in [0.1, 0.15) is 32.6 Å². The lowest BCUT2D eigenvalue weighted by molar-refractivity contribution is -0.122.